The molecule has 23 heavy (non-hydrogen) atoms. The third kappa shape index (κ3) is 2.90. The molecule has 0 saturated carbocycles. The fourth-order valence-electron chi connectivity index (χ4n) is 3.03. The fourth-order valence-corrected chi connectivity index (χ4v) is 3.03. The van der Waals surface area contributed by atoms with Gasteiger partial charge in [0.15, 0.2) is 11.5 Å². The summed E-state index contributed by atoms with van der Waals surface area (Å²) in [4.78, 5) is 9.20. The van der Waals surface area contributed by atoms with Crippen molar-refractivity contribution < 1.29 is 0 Å². The third-order valence-electron chi connectivity index (χ3n) is 4.33. The Morgan fingerprint density at radius 3 is 2.65 bits per heavy atom. The number of anilines is 1. The Bertz CT molecular complexity index is 789. The minimum absolute atomic E-state index is 0.834. The molecule has 6 heteroatoms. The van der Waals surface area contributed by atoms with Gasteiger partial charge in [0, 0.05) is 38.6 Å². The normalized spacial score (nSPS) is 16.1. The Morgan fingerprint density at radius 1 is 1.00 bits per heavy atom. The highest BCUT2D eigenvalue weighted by Crippen LogP contribution is 2.14. The van der Waals surface area contributed by atoms with Gasteiger partial charge in [-0.25, -0.2) is 4.98 Å². The minimum Gasteiger partial charge on any atom is -0.354 e. The van der Waals surface area contributed by atoms with Gasteiger partial charge in [0.2, 0.25) is 0 Å². The van der Waals surface area contributed by atoms with Crippen molar-refractivity contribution in [3.8, 4) is 0 Å². The number of rotatable bonds is 3. The van der Waals surface area contributed by atoms with Crippen molar-refractivity contribution in [2.45, 2.75) is 13.5 Å². The van der Waals surface area contributed by atoms with E-state index in [0.717, 1.165) is 50.0 Å². The number of hydrogen-bond acceptors (Lipinski definition) is 5. The zero-order valence-corrected chi connectivity index (χ0v) is 13.3. The zero-order chi connectivity index (χ0) is 15.6. The van der Waals surface area contributed by atoms with Gasteiger partial charge in [-0.3, -0.25) is 9.30 Å². The standard InChI is InChI=1S/C17H20N6/c1-14-5-6-16-19-20-17(23(16)12-14)13-21-8-10-22(11-9-21)15-4-2-3-7-18-15/h2-7,12H,8-11,13H2,1H3. The first kappa shape index (κ1) is 14.1. The van der Waals surface area contributed by atoms with Gasteiger partial charge in [-0.05, 0) is 30.7 Å². The predicted octanol–water partition coefficient (Wildman–Crippen LogP) is 1.75. The summed E-state index contributed by atoms with van der Waals surface area (Å²) in [6.45, 7) is 6.93. The van der Waals surface area contributed by atoms with E-state index in [0.29, 0.717) is 0 Å². The number of hydrogen-bond donors (Lipinski definition) is 0. The minimum atomic E-state index is 0.834. The smallest absolute Gasteiger partial charge is 0.160 e. The summed E-state index contributed by atoms with van der Waals surface area (Å²) >= 11 is 0. The van der Waals surface area contributed by atoms with Crippen LogP contribution in [0.1, 0.15) is 11.4 Å². The molecule has 0 radical (unpaired) electrons. The maximum Gasteiger partial charge on any atom is 0.160 e. The average molecular weight is 308 g/mol. The second-order valence-electron chi connectivity index (χ2n) is 6.00. The number of nitrogens with zero attached hydrogens (tertiary/aromatic N) is 6. The summed E-state index contributed by atoms with van der Waals surface area (Å²) in [7, 11) is 0. The molecule has 4 rings (SSSR count). The van der Waals surface area contributed by atoms with Crippen LogP contribution in [0.5, 0.6) is 0 Å². The third-order valence-corrected chi connectivity index (χ3v) is 4.33. The van der Waals surface area contributed by atoms with Gasteiger partial charge in [-0.2, -0.15) is 0 Å². The molecule has 3 aromatic rings. The molecule has 0 unspecified atom stereocenters. The van der Waals surface area contributed by atoms with E-state index in [1.807, 2.05) is 24.4 Å². The monoisotopic (exact) mass is 308 g/mol. The Hall–Kier alpha value is -2.47. The summed E-state index contributed by atoms with van der Waals surface area (Å²) in [5.74, 6) is 2.07. The topological polar surface area (TPSA) is 49.6 Å². The molecule has 1 saturated heterocycles. The lowest BCUT2D eigenvalue weighted by Gasteiger charge is -2.34. The number of piperazine rings is 1. The molecule has 0 N–H and O–H groups in total. The second kappa shape index (κ2) is 5.96. The van der Waals surface area contributed by atoms with Gasteiger partial charge >= 0.3 is 0 Å². The van der Waals surface area contributed by atoms with Crippen LogP contribution >= 0.6 is 0 Å². The molecule has 1 fully saturated rings. The molecular formula is C17H20N6. The summed E-state index contributed by atoms with van der Waals surface area (Å²) in [6.07, 6.45) is 3.96. The van der Waals surface area contributed by atoms with Crippen LogP contribution in [0.2, 0.25) is 0 Å². The largest absolute Gasteiger partial charge is 0.354 e. The number of aryl methyl sites for hydroxylation is 1. The molecule has 0 amide bonds. The Balaban J connectivity index is 1.44. The second-order valence-corrected chi connectivity index (χ2v) is 6.00. The summed E-state index contributed by atoms with van der Waals surface area (Å²) in [5, 5.41) is 8.61. The molecule has 1 aliphatic rings. The predicted molar refractivity (Wildman–Crippen MR) is 89.5 cm³/mol. The van der Waals surface area contributed by atoms with Gasteiger partial charge in [-0.15, -0.1) is 10.2 Å². The Labute approximate surface area is 135 Å². The summed E-state index contributed by atoms with van der Waals surface area (Å²) < 4.78 is 2.10. The van der Waals surface area contributed by atoms with Crippen molar-refractivity contribution in [2.75, 3.05) is 31.1 Å². The van der Waals surface area contributed by atoms with E-state index in [1.54, 1.807) is 0 Å². The maximum absolute atomic E-state index is 4.43. The van der Waals surface area contributed by atoms with Gasteiger partial charge in [0.1, 0.15) is 5.82 Å². The molecule has 0 aliphatic carbocycles. The van der Waals surface area contributed by atoms with Gasteiger partial charge in [-0.1, -0.05) is 12.1 Å². The highest BCUT2D eigenvalue weighted by atomic mass is 15.3. The molecule has 0 atom stereocenters. The number of aromatic nitrogens is 4. The first-order valence-electron chi connectivity index (χ1n) is 7.98. The maximum atomic E-state index is 4.43. The molecular weight excluding hydrogens is 288 g/mol. The van der Waals surface area contributed by atoms with Crippen molar-refractivity contribution in [3.05, 3.63) is 54.1 Å². The lowest BCUT2D eigenvalue weighted by atomic mass is 10.3. The quantitative estimate of drug-likeness (QED) is 0.738. The summed E-state index contributed by atoms with van der Waals surface area (Å²) in [6, 6.07) is 10.2. The molecule has 4 heterocycles. The average Bonchev–Trinajstić information content (AvgIpc) is 2.98. The van der Waals surface area contributed by atoms with E-state index >= 15 is 0 Å². The van der Waals surface area contributed by atoms with E-state index in [9.17, 15) is 0 Å². The van der Waals surface area contributed by atoms with Gasteiger partial charge in [0.25, 0.3) is 0 Å². The van der Waals surface area contributed by atoms with E-state index in [1.165, 1.54) is 5.56 Å². The number of pyridine rings is 2. The first-order valence-corrected chi connectivity index (χ1v) is 7.98. The molecule has 0 aromatic carbocycles. The highest BCUT2D eigenvalue weighted by Gasteiger charge is 2.19. The van der Waals surface area contributed by atoms with Gasteiger partial charge in [0.05, 0.1) is 6.54 Å². The van der Waals surface area contributed by atoms with Crippen LogP contribution in [-0.4, -0.2) is 50.7 Å². The van der Waals surface area contributed by atoms with Crippen molar-refractivity contribution in [1.29, 1.82) is 0 Å². The van der Waals surface area contributed by atoms with E-state index < -0.39 is 0 Å². The Kier molecular flexibility index (Phi) is 3.67. The number of fused-ring (bicyclic) bond motifs is 1. The SMILES string of the molecule is Cc1ccc2nnc(CN3CCN(c4ccccn4)CC3)n2c1. The first-order chi connectivity index (χ1) is 11.3. The molecule has 0 bridgehead atoms. The lowest BCUT2D eigenvalue weighted by Crippen LogP contribution is -2.46. The highest BCUT2D eigenvalue weighted by molar-refractivity contribution is 5.39. The van der Waals surface area contributed by atoms with E-state index in [4.69, 9.17) is 0 Å². The lowest BCUT2D eigenvalue weighted by molar-refractivity contribution is 0.242. The van der Waals surface area contributed by atoms with Crippen LogP contribution in [0.4, 0.5) is 5.82 Å². The van der Waals surface area contributed by atoms with Crippen molar-refractivity contribution in [3.63, 3.8) is 0 Å². The zero-order valence-electron chi connectivity index (χ0n) is 13.3. The Morgan fingerprint density at radius 2 is 1.87 bits per heavy atom. The van der Waals surface area contributed by atoms with Crippen LogP contribution in [0.15, 0.2) is 42.7 Å². The van der Waals surface area contributed by atoms with Crippen LogP contribution in [0.25, 0.3) is 5.65 Å². The molecule has 1 aliphatic heterocycles. The fraction of sp³-hybridized carbons (Fsp3) is 0.353. The summed E-state index contributed by atoms with van der Waals surface area (Å²) in [5.41, 5.74) is 2.14. The molecule has 118 valence electrons. The van der Waals surface area contributed by atoms with Crippen LogP contribution in [0, 0.1) is 6.92 Å². The van der Waals surface area contributed by atoms with Crippen LogP contribution < -0.4 is 4.90 Å². The van der Waals surface area contributed by atoms with Crippen molar-refractivity contribution in [2.24, 2.45) is 0 Å². The van der Waals surface area contributed by atoms with Crippen molar-refractivity contribution in [1.82, 2.24) is 24.5 Å². The van der Waals surface area contributed by atoms with E-state index in [-0.39, 0.29) is 0 Å². The van der Waals surface area contributed by atoms with Crippen molar-refractivity contribution >= 4 is 11.5 Å². The van der Waals surface area contributed by atoms with E-state index in [2.05, 4.69) is 54.6 Å². The molecule has 3 aromatic heterocycles. The molecule has 6 nitrogen and oxygen atoms in total. The van der Waals surface area contributed by atoms with Gasteiger partial charge < -0.3 is 4.90 Å². The van der Waals surface area contributed by atoms with Crippen LogP contribution in [0.3, 0.4) is 0 Å². The molecule has 0 spiro atoms. The van der Waals surface area contributed by atoms with Crippen LogP contribution in [-0.2, 0) is 6.54 Å².